The first kappa shape index (κ1) is 6.87. The summed E-state index contributed by atoms with van der Waals surface area (Å²) in [5.41, 5.74) is 0. The lowest BCUT2D eigenvalue weighted by molar-refractivity contribution is 0.370. The van der Waals surface area contributed by atoms with Crippen LogP contribution in [0.25, 0.3) is 0 Å². The van der Waals surface area contributed by atoms with Crippen molar-refractivity contribution in [3.05, 3.63) is 0 Å². The van der Waals surface area contributed by atoms with E-state index < -0.39 is 10.9 Å². The Balaban J connectivity index is 3.32. The van der Waals surface area contributed by atoms with Crippen LogP contribution < -0.4 is 4.83 Å². The standard InChI is InChI=1S/C2H8N2O2S/c1-4(2)3-7(5)6/h7H,1-2H3,(H,3,5,6). The highest BCUT2D eigenvalue weighted by atomic mass is 32.2. The quantitative estimate of drug-likeness (QED) is 0.351. The van der Waals surface area contributed by atoms with E-state index in [1.807, 2.05) is 0 Å². The zero-order valence-electron chi connectivity index (χ0n) is 4.21. The van der Waals surface area contributed by atoms with Gasteiger partial charge in [-0.1, -0.05) is 0 Å². The van der Waals surface area contributed by atoms with E-state index in [-0.39, 0.29) is 0 Å². The lowest BCUT2D eigenvalue weighted by Gasteiger charge is -2.02. The normalized spacial score (nSPS) is 10.9. The molecule has 4 nitrogen and oxygen atoms in total. The Morgan fingerprint density at radius 3 is 1.86 bits per heavy atom. The van der Waals surface area contributed by atoms with Gasteiger partial charge in [-0.2, -0.15) is 4.83 Å². The molecule has 0 fully saturated rings. The van der Waals surface area contributed by atoms with Crippen molar-refractivity contribution in [3.8, 4) is 0 Å². The molecule has 0 rings (SSSR count). The van der Waals surface area contributed by atoms with Gasteiger partial charge in [0.25, 0.3) is 0 Å². The van der Waals surface area contributed by atoms with Gasteiger partial charge in [-0.3, -0.25) is 0 Å². The molecule has 0 aliphatic heterocycles. The van der Waals surface area contributed by atoms with Crippen LogP contribution >= 0.6 is 0 Å². The molecule has 44 valence electrons. The third-order valence-corrected chi connectivity index (χ3v) is 0.845. The highest BCUT2D eigenvalue weighted by molar-refractivity contribution is 7.70. The number of rotatable bonds is 2. The summed E-state index contributed by atoms with van der Waals surface area (Å²) in [5, 5.41) is 1.35. The molecule has 0 spiro atoms. The van der Waals surface area contributed by atoms with E-state index in [0.29, 0.717) is 0 Å². The summed E-state index contributed by atoms with van der Waals surface area (Å²) in [6, 6.07) is 0. The fraction of sp³-hybridized carbons (Fsp3) is 1.00. The fourth-order valence-corrected chi connectivity index (χ4v) is 0.490. The molecule has 0 saturated heterocycles. The third kappa shape index (κ3) is 5.87. The van der Waals surface area contributed by atoms with Crippen molar-refractivity contribution in [1.29, 1.82) is 0 Å². The number of nitrogens with one attached hydrogen (secondary N) is 1. The second-order valence-electron chi connectivity index (χ2n) is 1.25. The molecule has 0 unspecified atom stereocenters. The Morgan fingerprint density at radius 1 is 1.43 bits per heavy atom. The minimum atomic E-state index is -2.46. The number of hydrazine groups is 1. The topological polar surface area (TPSA) is 49.4 Å². The average molecular weight is 124 g/mol. The second kappa shape index (κ2) is 2.95. The van der Waals surface area contributed by atoms with E-state index in [1.54, 1.807) is 14.1 Å². The van der Waals surface area contributed by atoms with E-state index in [9.17, 15) is 8.42 Å². The van der Waals surface area contributed by atoms with Crippen LogP contribution in [-0.2, 0) is 10.9 Å². The molecule has 0 atom stereocenters. The molecule has 0 aromatic heterocycles. The van der Waals surface area contributed by atoms with E-state index >= 15 is 0 Å². The highest BCUT2D eigenvalue weighted by Crippen LogP contribution is 1.57. The van der Waals surface area contributed by atoms with Crippen LogP contribution in [-0.4, -0.2) is 27.5 Å². The maximum Gasteiger partial charge on any atom is 0.214 e. The van der Waals surface area contributed by atoms with Crippen LogP contribution in [0.5, 0.6) is 0 Å². The Labute approximate surface area is 44.2 Å². The summed E-state index contributed by atoms with van der Waals surface area (Å²) in [4.78, 5) is 2.09. The maximum atomic E-state index is 9.69. The van der Waals surface area contributed by atoms with E-state index in [0.717, 1.165) is 0 Å². The lowest BCUT2D eigenvalue weighted by Crippen LogP contribution is -2.28. The van der Waals surface area contributed by atoms with Gasteiger partial charge in [0.1, 0.15) is 0 Å². The molecule has 0 aromatic rings. The van der Waals surface area contributed by atoms with Gasteiger partial charge in [0.2, 0.25) is 10.9 Å². The number of hydrogen-bond donors (Lipinski definition) is 2. The van der Waals surface area contributed by atoms with Crippen molar-refractivity contribution in [2.75, 3.05) is 14.1 Å². The second-order valence-corrected chi connectivity index (χ2v) is 1.97. The molecule has 1 N–H and O–H groups in total. The Kier molecular flexibility index (Phi) is 2.89. The molecule has 0 aliphatic carbocycles. The third-order valence-electron chi connectivity index (χ3n) is 0.282. The van der Waals surface area contributed by atoms with Gasteiger partial charge in [0, 0.05) is 14.1 Å². The fourth-order valence-electron chi connectivity index (χ4n) is 0.163. The molecular formula is C2H8N2O2S. The summed E-state index contributed by atoms with van der Waals surface area (Å²) in [6.07, 6.45) is 0. The number of hydrogen-bond acceptors (Lipinski definition) is 3. The molecule has 0 radical (unpaired) electrons. The predicted octanol–water partition coefficient (Wildman–Crippen LogP) is -1.42. The molecule has 0 heterocycles. The smallest absolute Gasteiger partial charge is 0.214 e. The van der Waals surface area contributed by atoms with E-state index in [1.165, 1.54) is 5.01 Å². The molecule has 0 saturated carbocycles. The summed E-state index contributed by atoms with van der Waals surface area (Å²) in [7, 11) is 0.741. The van der Waals surface area contributed by atoms with Crippen molar-refractivity contribution in [2.24, 2.45) is 0 Å². The number of nitrogens with zero attached hydrogens (tertiary/aromatic N) is 1. The summed E-state index contributed by atoms with van der Waals surface area (Å²) < 4.78 is 19.4. The summed E-state index contributed by atoms with van der Waals surface area (Å²) in [6.45, 7) is 0. The van der Waals surface area contributed by atoms with Crippen LogP contribution in [0.15, 0.2) is 0 Å². The van der Waals surface area contributed by atoms with Crippen LogP contribution in [0.1, 0.15) is 0 Å². The van der Waals surface area contributed by atoms with Gasteiger partial charge in [-0.15, -0.1) is 0 Å². The lowest BCUT2D eigenvalue weighted by atomic mass is 11.2. The molecule has 7 heavy (non-hydrogen) atoms. The molecule has 0 aromatic carbocycles. The average Bonchev–Trinajstić information content (AvgIpc) is 1.27. The minimum absolute atomic E-state index is 1.35. The van der Waals surface area contributed by atoms with Gasteiger partial charge in [0.15, 0.2) is 0 Å². The molecule has 0 aliphatic rings. The molecular weight excluding hydrogens is 116 g/mol. The molecule has 0 bridgehead atoms. The molecule has 5 heteroatoms. The largest absolute Gasteiger partial charge is 0.237 e. The van der Waals surface area contributed by atoms with Crippen LogP contribution in [0, 0.1) is 0 Å². The molecule has 0 amide bonds. The Morgan fingerprint density at radius 2 is 1.86 bits per heavy atom. The zero-order valence-corrected chi connectivity index (χ0v) is 5.11. The van der Waals surface area contributed by atoms with Gasteiger partial charge < -0.3 is 0 Å². The predicted molar refractivity (Wildman–Crippen MR) is 27.1 cm³/mol. The van der Waals surface area contributed by atoms with Crippen LogP contribution in [0.3, 0.4) is 0 Å². The maximum absolute atomic E-state index is 9.69. The van der Waals surface area contributed by atoms with E-state index in [2.05, 4.69) is 4.83 Å². The SMILES string of the molecule is CN(C)N[SH](=O)=O. The summed E-state index contributed by atoms with van der Waals surface area (Å²) in [5.74, 6) is 0. The van der Waals surface area contributed by atoms with Gasteiger partial charge in [0.05, 0.1) is 0 Å². The van der Waals surface area contributed by atoms with Gasteiger partial charge in [-0.05, 0) is 0 Å². The van der Waals surface area contributed by atoms with Crippen molar-refractivity contribution in [1.82, 2.24) is 9.84 Å². The highest BCUT2D eigenvalue weighted by Gasteiger charge is 1.82. The zero-order chi connectivity index (χ0) is 5.86. The van der Waals surface area contributed by atoms with Crippen LogP contribution in [0.4, 0.5) is 0 Å². The first-order valence-electron chi connectivity index (χ1n) is 1.71. The van der Waals surface area contributed by atoms with Crippen molar-refractivity contribution in [3.63, 3.8) is 0 Å². The van der Waals surface area contributed by atoms with Crippen LogP contribution in [0.2, 0.25) is 0 Å². The van der Waals surface area contributed by atoms with Gasteiger partial charge >= 0.3 is 0 Å². The van der Waals surface area contributed by atoms with Crippen molar-refractivity contribution < 1.29 is 8.42 Å². The number of thiol groups is 1. The monoisotopic (exact) mass is 124 g/mol. The van der Waals surface area contributed by atoms with Crippen molar-refractivity contribution >= 4 is 10.9 Å². The Hall–Kier alpha value is -0.130. The minimum Gasteiger partial charge on any atom is -0.237 e. The first-order valence-corrected chi connectivity index (χ1v) is 2.88. The first-order chi connectivity index (χ1) is 3.13. The summed E-state index contributed by atoms with van der Waals surface area (Å²) >= 11 is 0. The van der Waals surface area contributed by atoms with Gasteiger partial charge in [-0.25, -0.2) is 13.4 Å². The van der Waals surface area contributed by atoms with E-state index in [4.69, 9.17) is 0 Å². The van der Waals surface area contributed by atoms with Crippen molar-refractivity contribution in [2.45, 2.75) is 0 Å². The Bertz CT molecular complexity index is 100.